The first kappa shape index (κ1) is 10.3. The predicted octanol–water partition coefficient (Wildman–Crippen LogP) is 1.79. The van der Waals surface area contributed by atoms with Gasteiger partial charge in [0.05, 0.1) is 6.67 Å². The summed E-state index contributed by atoms with van der Waals surface area (Å²) in [7, 11) is 0. The van der Waals surface area contributed by atoms with Crippen molar-refractivity contribution in [3.8, 4) is 0 Å². The average Bonchev–Trinajstić information content (AvgIpc) is 1.87. The fourth-order valence-corrected chi connectivity index (χ4v) is 1.28. The van der Waals surface area contributed by atoms with Crippen LogP contribution in [0.5, 0.6) is 0 Å². The number of hydrogen-bond acceptors (Lipinski definition) is 6. The molecule has 0 heterocycles. The number of thiol groups is 2. The van der Waals surface area contributed by atoms with Gasteiger partial charge in [0.2, 0.25) is 0 Å². The molecule has 9 heavy (non-hydrogen) atoms. The Labute approximate surface area is 76.1 Å². The SMILES string of the molecule is CSN(S)CN(S)SC. The normalized spacial score (nSPS) is 11.3. The molecule has 0 aromatic carbocycles. The zero-order chi connectivity index (χ0) is 7.28. The molecule has 0 amide bonds. The lowest BCUT2D eigenvalue weighted by atomic mass is 11.3. The van der Waals surface area contributed by atoms with Crippen molar-refractivity contribution in [3.05, 3.63) is 0 Å². The molecule has 0 unspecified atom stereocenters. The van der Waals surface area contributed by atoms with Crippen LogP contribution in [0.1, 0.15) is 0 Å². The Morgan fingerprint density at radius 2 is 1.44 bits per heavy atom. The molecule has 0 bridgehead atoms. The molecule has 56 valence electrons. The summed E-state index contributed by atoms with van der Waals surface area (Å²) in [4.78, 5) is 0. The zero-order valence-corrected chi connectivity index (χ0v) is 8.73. The summed E-state index contributed by atoms with van der Waals surface area (Å²) < 4.78 is 3.59. The summed E-state index contributed by atoms with van der Waals surface area (Å²) in [5.41, 5.74) is 0. The second kappa shape index (κ2) is 6.06. The van der Waals surface area contributed by atoms with E-state index >= 15 is 0 Å². The third-order valence-corrected chi connectivity index (χ3v) is 2.97. The second-order valence-electron chi connectivity index (χ2n) is 1.21. The van der Waals surface area contributed by atoms with Gasteiger partial charge in [-0.1, -0.05) is 49.5 Å². The Morgan fingerprint density at radius 3 is 1.67 bits per heavy atom. The fourth-order valence-electron chi connectivity index (χ4n) is 0.219. The summed E-state index contributed by atoms with van der Waals surface area (Å²) in [6, 6.07) is 0. The first-order chi connectivity index (χ1) is 4.20. The molecule has 0 saturated heterocycles. The van der Waals surface area contributed by atoms with Crippen LogP contribution in [0.25, 0.3) is 0 Å². The largest absolute Gasteiger partial charge is 0.181 e. The van der Waals surface area contributed by atoms with Gasteiger partial charge >= 0.3 is 0 Å². The highest BCUT2D eigenvalue weighted by molar-refractivity contribution is 8.06. The van der Waals surface area contributed by atoms with Crippen LogP contribution in [-0.4, -0.2) is 26.6 Å². The minimum atomic E-state index is 0.731. The molecule has 2 nitrogen and oxygen atoms in total. The lowest BCUT2D eigenvalue weighted by molar-refractivity contribution is 0.610. The summed E-state index contributed by atoms with van der Waals surface area (Å²) in [6.45, 7) is 0.731. The van der Waals surface area contributed by atoms with E-state index in [0.29, 0.717) is 0 Å². The number of hydrogen-bond donors (Lipinski definition) is 2. The van der Waals surface area contributed by atoms with Gasteiger partial charge in [-0.3, -0.25) is 0 Å². The maximum atomic E-state index is 4.12. The Balaban J connectivity index is 3.22. The molecule has 0 rings (SSSR count). The van der Waals surface area contributed by atoms with Crippen molar-refractivity contribution in [3.63, 3.8) is 0 Å². The minimum absolute atomic E-state index is 0.731. The van der Waals surface area contributed by atoms with E-state index in [1.54, 1.807) is 31.3 Å². The van der Waals surface area contributed by atoms with Crippen LogP contribution in [0.4, 0.5) is 0 Å². The van der Waals surface area contributed by atoms with Gasteiger partial charge in [0, 0.05) is 0 Å². The quantitative estimate of drug-likeness (QED) is 0.407. The molecule has 0 aliphatic carbocycles. The molecule has 0 saturated carbocycles. The molecule has 0 aliphatic rings. The van der Waals surface area contributed by atoms with Crippen LogP contribution < -0.4 is 0 Å². The molecule has 0 spiro atoms. The Bertz CT molecular complexity index is 62.8. The van der Waals surface area contributed by atoms with E-state index in [1.807, 2.05) is 12.5 Å². The Hall–Kier alpha value is 1.32. The van der Waals surface area contributed by atoms with E-state index in [4.69, 9.17) is 0 Å². The van der Waals surface area contributed by atoms with Crippen LogP contribution in [0.2, 0.25) is 0 Å². The van der Waals surface area contributed by atoms with Gasteiger partial charge in [-0.2, -0.15) is 7.42 Å². The molecule has 0 aromatic rings. The molecule has 0 aromatic heterocycles. The molecule has 0 atom stereocenters. The van der Waals surface area contributed by atoms with E-state index in [9.17, 15) is 0 Å². The highest BCUT2D eigenvalue weighted by Crippen LogP contribution is 2.15. The maximum absolute atomic E-state index is 4.12. The molecule has 0 fully saturated rings. The second-order valence-corrected chi connectivity index (χ2v) is 4.33. The average molecular weight is 202 g/mol. The van der Waals surface area contributed by atoms with Crippen molar-refractivity contribution in [1.82, 2.24) is 7.42 Å². The van der Waals surface area contributed by atoms with Crippen LogP contribution in [0.3, 0.4) is 0 Å². The molecule has 0 aliphatic heterocycles. The maximum Gasteiger partial charge on any atom is 0.0919 e. The number of nitrogens with zero attached hydrogens (tertiary/aromatic N) is 2. The van der Waals surface area contributed by atoms with E-state index in [0.717, 1.165) is 6.67 Å². The van der Waals surface area contributed by atoms with Crippen molar-refractivity contribution < 1.29 is 0 Å². The lowest BCUT2D eigenvalue weighted by Crippen LogP contribution is -2.14. The van der Waals surface area contributed by atoms with Gasteiger partial charge in [-0.25, -0.2) is 0 Å². The molecule has 0 N–H and O–H groups in total. The van der Waals surface area contributed by atoms with E-state index in [1.165, 1.54) is 0 Å². The van der Waals surface area contributed by atoms with Crippen LogP contribution in [-0.2, 0) is 0 Å². The lowest BCUT2D eigenvalue weighted by Gasteiger charge is -2.16. The van der Waals surface area contributed by atoms with Gasteiger partial charge in [0.15, 0.2) is 0 Å². The topological polar surface area (TPSA) is 6.48 Å². The fraction of sp³-hybridized carbons (Fsp3) is 1.00. The third-order valence-electron chi connectivity index (χ3n) is 0.663. The van der Waals surface area contributed by atoms with Crippen LogP contribution >= 0.6 is 49.5 Å². The standard InChI is InChI=1S/C3H10N2S4/c1-8-4(6)3-5(7)9-2/h6-7H,3H2,1-2H3. The first-order valence-electron chi connectivity index (χ1n) is 2.21. The molecular formula is C3H10N2S4. The van der Waals surface area contributed by atoms with E-state index < -0.39 is 0 Å². The first-order valence-corrected chi connectivity index (χ1v) is 5.38. The Morgan fingerprint density at radius 1 is 1.11 bits per heavy atom. The van der Waals surface area contributed by atoms with Gasteiger partial charge in [-0.15, -0.1) is 0 Å². The monoisotopic (exact) mass is 202 g/mol. The van der Waals surface area contributed by atoms with Crippen molar-refractivity contribution in [2.45, 2.75) is 0 Å². The smallest absolute Gasteiger partial charge is 0.0919 e. The van der Waals surface area contributed by atoms with Crippen LogP contribution in [0, 0.1) is 0 Å². The summed E-state index contributed by atoms with van der Waals surface area (Å²) in [6.07, 6.45) is 3.93. The van der Waals surface area contributed by atoms with Gasteiger partial charge < -0.3 is 0 Å². The highest BCUT2D eigenvalue weighted by Gasteiger charge is 2.00. The predicted molar refractivity (Wildman–Crippen MR) is 53.5 cm³/mol. The highest BCUT2D eigenvalue weighted by atomic mass is 32.2. The molecule has 6 heteroatoms. The van der Waals surface area contributed by atoms with Gasteiger partial charge in [0.25, 0.3) is 0 Å². The summed E-state index contributed by atoms with van der Waals surface area (Å²) >= 11 is 11.4. The van der Waals surface area contributed by atoms with Gasteiger partial charge in [-0.05, 0) is 12.5 Å². The third kappa shape index (κ3) is 5.75. The van der Waals surface area contributed by atoms with Crippen molar-refractivity contribution in [2.75, 3.05) is 19.2 Å². The zero-order valence-electron chi connectivity index (χ0n) is 5.31. The summed E-state index contributed by atoms with van der Waals surface area (Å²) in [5, 5.41) is 0. The molecular weight excluding hydrogens is 192 g/mol. The van der Waals surface area contributed by atoms with E-state index in [-0.39, 0.29) is 0 Å². The Kier molecular flexibility index (Phi) is 6.95. The molecule has 0 radical (unpaired) electrons. The minimum Gasteiger partial charge on any atom is -0.181 e. The van der Waals surface area contributed by atoms with Crippen molar-refractivity contribution in [1.29, 1.82) is 0 Å². The van der Waals surface area contributed by atoms with Gasteiger partial charge in [0.1, 0.15) is 0 Å². The van der Waals surface area contributed by atoms with Crippen molar-refractivity contribution in [2.24, 2.45) is 0 Å². The number of rotatable bonds is 4. The van der Waals surface area contributed by atoms with E-state index in [2.05, 4.69) is 25.6 Å². The van der Waals surface area contributed by atoms with Crippen molar-refractivity contribution >= 4 is 49.5 Å². The summed E-state index contributed by atoms with van der Waals surface area (Å²) in [5.74, 6) is 0. The van der Waals surface area contributed by atoms with Crippen LogP contribution in [0.15, 0.2) is 0 Å².